The van der Waals surface area contributed by atoms with Gasteiger partial charge < -0.3 is 5.73 Å². The number of nitrogens with one attached hydrogen (secondary N) is 1. The maximum atomic E-state index is 5.72. The van der Waals surface area contributed by atoms with Gasteiger partial charge in [0, 0.05) is 5.69 Å². The Morgan fingerprint density at radius 3 is 3.14 bits per heavy atom. The van der Waals surface area contributed by atoms with Crippen molar-refractivity contribution in [1.82, 2.24) is 19.6 Å². The average Bonchev–Trinajstić information content (AvgIpc) is 2.67. The Morgan fingerprint density at radius 2 is 2.29 bits per heavy atom. The number of benzene rings is 1. The smallest absolute Gasteiger partial charge is 0.230 e. The lowest BCUT2D eigenvalue weighted by molar-refractivity contribution is 1.02. The number of hydrogen-bond acceptors (Lipinski definition) is 3. The molecule has 0 aliphatic rings. The summed E-state index contributed by atoms with van der Waals surface area (Å²) in [5, 5.41) is 6.93. The summed E-state index contributed by atoms with van der Waals surface area (Å²) in [6.07, 6.45) is 0. The lowest BCUT2D eigenvalue weighted by Gasteiger charge is -1.93. The fraction of sp³-hybridized carbons (Fsp3) is 0.111. The molecule has 0 spiro atoms. The molecule has 14 heavy (non-hydrogen) atoms. The molecule has 5 heteroatoms. The Hall–Kier alpha value is -2.04. The SMILES string of the molecule is Cc1n[nH]c2nc3ccc(N)cc3n12. The highest BCUT2D eigenvalue weighted by Gasteiger charge is 2.08. The number of aryl methyl sites for hydroxylation is 1. The van der Waals surface area contributed by atoms with Gasteiger partial charge in [0.25, 0.3) is 0 Å². The molecule has 70 valence electrons. The van der Waals surface area contributed by atoms with E-state index in [9.17, 15) is 0 Å². The van der Waals surface area contributed by atoms with Crippen LogP contribution < -0.4 is 5.73 Å². The second-order valence-corrected chi connectivity index (χ2v) is 3.29. The number of fused-ring (bicyclic) bond motifs is 3. The zero-order valence-corrected chi connectivity index (χ0v) is 7.65. The first kappa shape index (κ1) is 7.37. The highest BCUT2D eigenvalue weighted by Crippen LogP contribution is 2.18. The lowest BCUT2D eigenvalue weighted by atomic mass is 10.3. The van der Waals surface area contributed by atoms with Gasteiger partial charge in [0.2, 0.25) is 5.78 Å². The molecule has 2 aromatic heterocycles. The van der Waals surface area contributed by atoms with E-state index in [0.29, 0.717) is 0 Å². The summed E-state index contributed by atoms with van der Waals surface area (Å²) in [5.41, 5.74) is 8.38. The Kier molecular flexibility index (Phi) is 1.19. The second-order valence-electron chi connectivity index (χ2n) is 3.29. The van der Waals surface area contributed by atoms with Gasteiger partial charge in [-0.3, -0.25) is 4.40 Å². The average molecular weight is 187 g/mol. The van der Waals surface area contributed by atoms with Crippen molar-refractivity contribution in [2.45, 2.75) is 6.92 Å². The number of anilines is 1. The van der Waals surface area contributed by atoms with Crippen molar-refractivity contribution in [3.05, 3.63) is 24.0 Å². The van der Waals surface area contributed by atoms with Crippen LogP contribution >= 0.6 is 0 Å². The zero-order valence-electron chi connectivity index (χ0n) is 7.65. The van der Waals surface area contributed by atoms with Gasteiger partial charge in [-0.1, -0.05) is 0 Å². The fourth-order valence-corrected chi connectivity index (χ4v) is 1.68. The number of hydrogen-bond donors (Lipinski definition) is 2. The van der Waals surface area contributed by atoms with E-state index in [2.05, 4.69) is 15.2 Å². The summed E-state index contributed by atoms with van der Waals surface area (Å²) in [5.74, 6) is 1.64. The van der Waals surface area contributed by atoms with Gasteiger partial charge in [-0.15, -0.1) is 0 Å². The van der Waals surface area contributed by atoms with Crippen LogP contribution in [-0.4, -0.2) is 19.6 Å². The van der Waals surface area contributed by atoms with E-state index in [1.807, 2.05) is 29.5 Å². The number of imidazole rings is 1. The molecule has 0 fully saturated rings. The van der Waals surface area contributed by atoms with Crippen molar-refractivity contribution in [3.8, 4) is 0 Å². The standard InChI is InChI=1S/C9H9N5/c1-5-12-13-9-11-7-3-2-6(10)4-8(7)14(5)9/h2-4H,10H2,1H3,(H,11,13). The Balaban J connectivity index is 2.61. The van der Waals surface area contributed by atoms with Gasteiger partial charge >= 0.3 is 0 Å². The lowest BCUT2D eigenvalue weighted by Crippen LogP contribution is -1.87. The Morgan fingerprint density at radius 1 is 1.43 bits per heavy atom. The van der Waals surface area contributed by atoms with Crippen molar-refractivity contribution in [2.75, 3.05) is 5.73 Å². The number of aromatic amines is 1. The molecule has 3 rings (SSSR count). The highest BCUT2D eigenvalue weighted by atomic mass is 15.3. The van der Waals surface area contributed by atoms with Gasteiger partial charge in [0.15, 0.2) is 0 Å². The summed E-state index contributed by atoms with van der Waals surface area (Å²) in [6.45, 7) is 1.92. The number of rotatable bonds is 0. The van der Waals surface area contributed by atoms with Gasteiger partial charge in [-0.2, -0.15) is 5.10 Å². The normalized spacial score (nSPS) is 11.5. The number of nitrogen functional groups attached to an aromatic ring is 1. The minimum atomic E-state index is 0.736. The van der Waals surface area contributed by atoms with E-state index in [1.54, 1.807) is 0 Å². The third kappa shape index (κ3) is 0.783. The molecule has 0 bridgehead atoms. The number of nitrogens with zero attached hydrogens (tertiary/aromatic N) is 3. The number of aromatic nitrogens is 4. The predicted octanol–water partition coefficient (Wildman–Crippen LogP) is 1.10. The minimum absolute atomic E-state index is 0.736. The van der Waals surface area contributed by atoms with E-state index < -0.39 is 0 Å². The number of H-pyrrole nitrogens is 1. The quantitative estimate of drug-likeness (QED) is 0.518. The van der Waals surface area contributed by atoms with E-state index in [4.69, 9.17) is 5.73 Å². The van der Waals surface area contributed by atoms with Crippen LogP contribution in [-0.2, 0) is 0 Å². The maximum Gasteiger partial charge on any atom is 0.230 e. The van der Waals surface area contributed by atoms with Gasteiger partial charge in [0.05, 0.1) is 11.0 Å². The molecule has 1 aromatic carbocycles. The van der Waals surface area contributed by atoms with Crippen LogP contribution in [0, 0.1) is 6.92 Å². The molecule has 3 N–H and O–H groups in total. The zero-order chi connectivity index (χ0) is 9.71. The van der Waals surface area contributed by atoms with Crippen molar-refractivity contribution in [3.63, 3.8) is 0 Å². The van der Waals surface area contributed by atoms with Crippen LogP contribution in [0.3, 0.4) is 0 Å². The predicted molar refractivity (Wildman–Crippen MR) is 54.0 cm³/mol. The van der Waals surface area contributed by atoms with Crippen LogP contribution in [0.5, 0.6) is 0 Å². The molecule has 3 aromatic rings. The van der Waals surface area contributed by atoms with E-state index >= 15 is 0 Å². The molecule has 0 aliphatic carbocycles. The summed E-state index contributed by atoms with van der Waals surface area (Å²) >= 11 is 0. The van der Waals surface area contributed by atoms with Crippen LogP contribution in [0.2, 0.25) is 0 Å². The first-order valence-electron chi connectivity index (χ1n) is 4.34. The third-order valence-corrected chi connectivity index (χ3v) is 2.32. The Labute approximate surface area is 79.6 Å². The fourth-order valence-electron chi connectivity index (χ4n) is 1.68. The molecule has 2 heterocycles. The highest BCUT2D eigenvalue weighted by molar-refractivity contribution is 5.82. The summed E-state index contributed by atoms with van der Waals surface area (Å²) in [6, 6.07) is 5.65. The molecule has 0 saturated heterocycles. The molecule has 0 saturated carbocycles. The van der Waals surface area contributed by atoms with Crippen LogP contribution in [0.25, 0.3) is 16.8 Å². The van der Waals surface area contributed by atoms with E-state index in [0.717, 1.165) is 28.3 Å². The molecule has 0 aliphatic heterocycles. The maximum absolute atomic E-state index is 5.72. The van der Waals surface area contributed by atoms with Crippen LogP contribution in [0.4, 0.5) is 5.69 Å². The largest absolute Gasteiger partial charge is 0.399 e. The van der Waals surface area contributed by atoms with Crippen molar-refractivity contribution in [2.24, 2.45) is 0 Å². The van der Waals surface area contributed by atoms with Gasteiger partial charge in [-0.25, -0.2) is 10.1 Å². The second kappa shape index (κ2) is 2.25. The van der Waals surface area contributed by atoms with Crippen LogP contribution in [0.15, 0.2) is 18.2 Å². The molecule has 0 unspecified atom stereocenters. The molecule has 0 radical (unpaired) electrons. The van der Waals surface area contributed by atoms with Crippen molar-refractivity contribution >= 4 is 22.5 Å². The van der Waals surface area contributed by atoms with E-state index in [1.165, 1.54) is 0 Å². The van der Waals surface area contributed by atoms with E-state index in [-0.39, 0.29) is 0 Å². The minimum Gasteiger partial charge on any atom is -0.399 e. The molecule has 5 nitrogen and oxygen atoms in total. The van der Waals surface area contributed by atoms with Crippen molar-refractivity contribution in [1.29, 1.82) is 0 Å². The first-order valence-corrected chi connectivity index (χ1v) is 4.34. The summed E-state index contributed by atoms with van der Waals surface area (Å²) in [7, 11) is 0. The molecular formula is C9H9N5. The third-order valence-electron chi connectivity index (χ3n) is 2.32. The molecule has 0 amide bonds. The topological polar surface area (TPSA) is 72.0 Å². The summed E-state index contributed by atoms with van der Waals surface area (Å²) < 4.78 is 1.95. The number of nitrogens with two attached hydrogens (primary N) is 1. The molecular weight excluding hydrogens is 178 g/mol. The molecule has 0 atom stereocenters. The monoisotopic (exact) mass is 187 g/mol. The van der Waals surface area contributed by atoms with Crippen LogP contribution in [0.1, 0.15) is 5.82 Å². The van der Waals surface area contributed by atoms with Gasteiger partial charge in [0.1, 0.15) is 5.82 Å². The Bertz CT molecular complexity index is 618. The summed E-state index contributed by atoms with van der Waals surface area (Å²) in [4.78, 5) is 4.37. The van der Waals surface area contributed by atoms with Crippen molar-refractivity contribution < 1.29 is 0 Å². The van der Waals surface area contributed by atoms with Gasteiger partial charge in [-0.05, 0) is 25.1 Å². The first-order chi connectivity index (χ1) is 6.75.